The van der Waals surface area contributed by atoms with Crippen molar-refractivity contribution < 1.29 is 19.1 Å². The number of hydrogen-bond donors (Lipinski definition) is 0. The van der Waals surface area contributed by atoms with Gasteiger partial charge < -0.3 is 9.47 Å². The average Bonchev–Trinajstić information content (AvgIpc) is 2.24. The zero-order valence-electron chi connectivity index (χ0n) is 10.5. The summed E-state index contributed by atoms with van der Waals surface area (Å²) in [5.41, 5.74) is 0. The molecular weight excluding hydrogens is 208 g/mol. The molecule has 0 bridgehead atoms. The molecule has 0 fully saturated rings. The monoisotopic (exact) mass is 230 g/mol. The zero-order valence-corrected chi connectivity index (χ0v) is 10.5. The second kappa shape index (κ2) is 9.19. The number of carbonyl (C=O) groups is 2. The molecule has 0 rings (SSSR count). The van der Waals surface area contributed by atoms with E-state index >= 15 is 0 Å². The molecule has 0 aromatic carbocycles. The maximum atomic E-state index is 11.4. The van der Waals surface area contributed by atoms with Crippen LogP contribution in [0.1, 0.15) is 52.9 Å². The predicted molar refractivity (Wildman–Crippen MR) is 61.0 cm³/mol. The molecule has 0 radical (unpaired) electrons. The lowest BCUT2D eigenvalue weighted by Gasteiger charge is -2.09. The van der Waals surface area contributed by atoms with E-state index in [-0.39, 0.29) is 12.5 Å². The van der Waals surface area contributed by atoms with E-state index in [2.05, 4.69) is 16.4 Å². The number of ether oxygens (including phenoxy) is 2. The van der Waals surface area contributed by atoms with Crippen LogP contribution in [0, 0.1) is 5.92 Å². The molecule has 94 valence electrons. The normalized spacial score (nSPS) is 11.9. The van der Waals surface area contributed by atoms with Gasteiger partial charge in [0.15, 0.2) is 0 Å². The fraction of sp³-hybridized carbons (Fsp3) is 0.833. The van der Waals surface area contributed by atoms with E-state index in [1.54, 1.807) is 13.8 Å². The van der Waals surface area contributed by atoms with Crippen LogP contribution in [0.25, 0.3) is 0 Å². The number of unbranched alkanes of at least 4 members (excludes halogenated alkanes) is 3. The summed E-state index contributed by atoms with van der Waals surface area (Å²) in [5, 5.41) is 0. The topological polar surface area (TPSA) is 52.6 Å². The van der Waals surface area contributed by atoms with Gasteiger partial charge in [0, 0.05) is 0 Å². The smallest absolute Gasteiger partial charge is 0.434 e. The molecule has 16 heavy (non-hydrogen) atoms. The molecule has 0 saturated carbocycles. The Bertz CT molecular complexity index is 213. The van der Waals surface area contributed by atoms with Crippen LogP contribution in [-0.2, 0) is 14.3 Å². The highest BCUT2D eigenvalue weighted by Crippen LogP contribution is 2.12. The van der Waals surface area contributed by atoms with Gasteiger partial charge in [-0.3, -0.25) is 4.79 Å². The first-order valence-electron chi connectivity index (χ1n) is 6.00. The molecule has 0 aromatic heterocycles. The standard InChI is InChI=1S/C12H22O4/c1-4-6-7-8-9-10(3)11(13)16-12(14)15-5-2/h10H,4-9H2,1-3H3. The lowest BCUT2D eigenvalue weighted by molar-refractivity contribution is -0.144. The van der Waals surface area contributed by atoms with Crippen LogP contribution in [0.2, 0.25) is 0 Å². The molecule has 0 amide bonds. The molecule has 4 heteroatoms. The van der Waals surface area contributed by atoms with Crippen molar-refractivity contribution in [2.24, 2.45) is 5.92 Å². The second-order valence-corrected chi connectivity index (χ2v) is 3.85. The highest BCUT2D eigenvalue weighted by Gasteiger charge is 2.18. The maximum absolute atomic E-state index is 11.4. The SMILES string of the molecule is CCCCCCC(C)C(=O)OC(=O)OCC. The van der Waals surface area contributed by atoms with Gasteiger partial charge in [0.2, 0.25) is 0 Å². The first-order valence-corrected chi connectivity index (χ1v) is 6.00. The van der Waals surface area contributed by atoms with Gasteiger partial charge in [0.1, 0.15) is 0 Å². The number of esters is 1. The highest BCUT2D eigenvalue weighted by atomic mass is 16.7. The maximum Gasteiger partial charge on any atom is 0.516 e. The average molecular weight is 230 g/mol. The van der Waals surface area contributed by atoms with Crippen LogP contribution in [0.15, 0.2) is 0 Å². The van der Waals surface area contributed by atoms with Gasteiger partial charge in [0.05, 0.1) is 12.5 Å². The summed E-state index contributed by atoms with van der Waals surface area (Å²) in [5.74, 6) is -0.726. The van der Waals surface area contributed by atoms with Crippen molar-refractivity contribution in [2.75, 3.05) is 6.61 Å². The minimum Gasteiger partial charge on any atom is -0.434 e. The molecule has 0 aliphatic heterocycles. The van der Waals surface area contributed by atoms with E-state index < -0.39 is 12.1 Å². The van der Waals surface area contributed by atoms with Crippen LogP contribution in [0.3, 0.4) is 0 Å². The first kappa shape index (κ1) is 14.9. The highest BCUT2D eigenvalue weighted by molar-refractivity contribution is 5.83. The Morgan fingerprint density at radius 2 is 1.81 bits per heavy atom. The van der Waals surface area contributed by atoms with Gasteiger partial charge in [-0.1, -0.05) is 39.5 Å². The summed E-state index contributed by atoms with van der Waals surface area (Å²) >= 11 is 0. The van der Waals surface area contributed by atoms with Crippen LogP contribution >= 0.6 is 0 Å². The fourth-order valence-corrected chi connectivity index (χ4v) is 1.33. The zero-order chi connectivity index (χ0) is 12.4. The van der Waals surface area contributed by atoms with Crippen molar-refractivity contribution in [1.29, 1.82) is 0 Å². The van der Waals surface area contributed by atoms with E-state index in [1.807, 2.05) is 0 Å². The van der Waals surface area contributed by atoms with Gasteiger partial charge in [-0.2, -0.15) is 0 Å². The molecule has 0 aliphatic carbocycles. The van der Waals surface area contributed by atoms with Crippen LogP contribution < -0.4 is 0 Å². The van der Waals surface area contributed by atoms with Gasteiger partial charge in [0.25, 0.3) is 0 Å². The van der Waals surface area contributed by atoms with Crippen molar-refractivity contribution in [3.63, 3.8) is 0 Å². The van der Waals surface area contributed by atoms with Gasteiger partial charge in [-0.25, -0.2) is 4.79 Å². The summed E-state index contributed by atoms with van der Waals surface area (Å²) < 4.78 is 9.03. The van der Waals surface area contributed by atoms with E-state index in [0.717, 1.165) is 19.3 Å². The third kappa shape index (κ3) is 7.26. The molecule has 0 heterocycles. The molecular formula is C12H22O4. The quantitative estimate of drug-likeness (QED) is 0.382. The lowest BCUT2D eigenvalue weighted by Crippen LogP contribution is -2.20. The summed E-state index contributed by atoms with van der Waals surface area (Å²) in [6.45, 7) is 5.79. The molecule has 4 nitrogen and oxygen atoms in total. The Hall–Kier alpha value is -1.06. The predicted octanol–water partition coefficient (Wildman–Crippen LogP) is 3.29. The third-order valence-electron chi connectivity index (χ3n) is 2.34. The second-order valence-electron chi connectivity index (χ2n) is 3.85. The molecule has 1 atom stereocenters. The molecule has 0 aromatic rings. The Morgan fingerprint density at radius 1 is 1.12 bits per heavy atom. The van der Waals surface area contributed by atoms with Crippen LogP contribution in [-0.4, -0.2) is 18.7 Å². The minimum absolute atomic E-state index is 0.219. The van der Waals surface area contributed by atoms with Crippen molar-refractivity contribution in [3.05, 3.63) is 0 Å². The number of rotatable bonds is 7. The largest absolute Gasteiger partial charge is 0.516 e. The molecule has 0 saturated heterocycles. The summed E-state index contributed by atoms with van der Waals surface area (Å²) in [6.07, 6.45) is 4.33. The Morgan fingerprint density at radius 3 is 2.38 bits per heavy atom. The first-order chi connectivity index (χ1) is 7.61. The molecule has 0 N–H and O–H groups in total. The lowest BCUT2D eigenvalue weighted by atomic mass is 10.0. The van der Waals surface area contributed by atoms with Crippen molar-refractivity contribution in [2.45, 2.75) is 52.9 Å². The van der Waals surface area contributed by atoms with Crippen LogP contribution in [0.4, 0.5) is 4.79 Å². The van der Waals surface area contributed by atoms with Crippen LogP contribution in [0.5, 0.6) is 0 Å². The fourth-order valence-electron chi connectivity index (χ4n) is 1.33. The summed E-state index contributed by atoms with van der Waals surface area (Å²) in [7, 11) is 0. The van der Waals surface area contributed by atoms with Gasteiger partial charge in [-0.05, 0) is 13.3 Å². The third-order valence-corrected chi connectivity index (χ3v) is 2.34. The minimum atomic E-state index is -0.895. The Labute approximate surface area is 97.3 Å². The summed E-state index contributed by atoms with van der Waals surface area (Å²) in [6, 6.07) is 0. The van der Waals surface area contributed by atoms with Gasteiger partial charge >= 0.3 is 12.1 Å². The molecule has 1 unspecified atom stereocenters. The van der Waals surface area contributed by atoms with E-state index in [1.165, 1.54) is 12.8 Å². The Kier molecular flexibility index (Phi) is 8.58. The van der Waals surface area contributed by atoms with Crippen molar-refractivity contribution in [1.82, 2.24) is 0 Å². The van der Waals surface area contributed by atoms with E-state index in [9.17, 15) is 9.59 Å². The van der Waals surface area contributed by atoms with Crippen molar-refractivity contribution >= 4 is 12.1 Å². The molecule has 0 spiro atoms. The molecule has 0 aliphatic rings. The number of carbonyl (C=O) groups excluding carboxylic acids is 2. The number of hydrogen-bond acceptors (Lipinski definition) is 4. The van der Waals surface area contributed by atoms with Gasteiger partial charge in [-0.15, -0.1) is 0 Å². The Balaban J connectivity index is 3.68. The summed E-state index contributed by atoms with van der Waals surface area (Å²) in [4.78, 5) is 22.2. The van der Waals surface area contributed by atoms with Crippen molar-refractivity contribution in [3.8, 4) is 0 Å². The van der Waals surface area contributed by atoms with E-state index in [0.29, 0.717) is 0 Å². The van der Waals surface area contributed by atoms with E-state index in [4.69, 9.17) is 0 Å².